The van der Waals surface area contributed by atoms with E-state index < -0.39 is 0 Å². The molecule has 2 amide bonds. The molecule has 1 aromatic carbocycles. The molecule has 1 atom stereocenters. The second-order valence-electron chi connectivity index (χ2n) is 5.66. The maximum atomic E-state index is 13.1. The van der Waals surface area contributed by atoms with E-state index in [1.165, 1.54) is 12.1 Å². The number of primary amides is 1. The van der Waals surface area contributed by atoms with Crippen molar-refractivity contribution in [2.24, 2.45) is 5.73 Å². The molecule has 0 saturated carbocycles. The summed E-state index contributed by atoms with van der Waals surface area (Å²) >= 11 is 0. The lowest BCUT2D eigenvalue weighted by molar-refractivity contribution is -0.133. The zero-order valence-corrected chi connectivity index (χ0v) is 13.2. The Morgan fingerprint density at radius 3 is 2.61 bits per heavy atom. The summed E-state index contributed by atoms with van der Waals surface area (Å²) in [7, 11) is 0. The number of hydrogen-bond donors (Lipinski definition) is 1. The van der Waals surface area contributed by atoms with Crippen LogP contribution in [0.25, 0.3) is 6.08 Å². The molecule has 1 aliphatic heterocycles. The first-order chi connectivity index (χ1) is 11.0. The smallest absolute Gasteiger partial charge is 0.234 e. The van der Waals surface area contributed by atoms with E-state index in [1.54, 1.807) is 36.1 Å². The van der Waals surface area contributed by atoms with Gasteiger partial charge in [-0.25, -0.2) is 4.39 Å². The minimum absolute atomic E-state index is 0.0315. The van der Waals surface area contributed by atoms with Crippen LogP contribution in [0.15, 0.2) is 30.3 Å². The number of halogens is 1. The minimum atomic E-state index is -0.345. The van der Waals surface area contributed by atoms with Gasteiger partial charge in [0.1, 0.15) is 5.82 Å². The highest BCUT2D eigenvalue weighted by Crippen LogP contribution is 2.09. The molecule has 0 aliphatic carbocycles. The van der Waals surface area contributed by atoms with Gasteiger partial charge in [0, 0.05) is 32.6 Å². The average Bonchev–Trinajstić information content (AvgIpc) is 2.54. The largest absolute Gasteiger partial charge is 0.368 e. The van der Waals surface area contributed by atoms with Crippen molar-refractivity contribution in [2.45, 2.75) is 19.4 Å². The second kappa shape index (κ2) is 7.87. The van der Waals surface area contributed by atoms with Crippen LogP contribution in [0.1, 0.15) is 18.9 Å². The summed E-state index contributed by atoms with van der Waals surface area (Å²) < 4.78 is 13.1. The van der Waals surface area contributed by atoms with Crippen LogP contribution in [-0.2, 0) is 9.59 Å². The molecule has 2 N–H and O–H groups in total. The molecule has 1 aromatic rings. The van der Waals surface area contributed by atoms with Crippen molar-refractivity contribution >= 4 is 17.9 Å². The number of hydrogen-bond acceptors (Lipinski definition) is 3. The van der Waals surface area contributed by atoms with E-state index in [2.05, 4.69) is 0 Å². The van der Waals surface area contributed by atoms with Crippen LogP contribution in [0, 0.1) is 5.82 Å². The number of nitrogens with zero attached hydrogens (tertiary/aromatic N) is 2. The molecule has 0 radical (unpaired) electrons. The van der Waals surface area contributed by atoms with Crippen LogP contribution < -0.4 is 5.73 Å². The Balaban J connectivity index is 1.80. The van der Waals surface area contributed by atoms with Gasteiger partial charge in [0.15, 0.2) is 0 Å². The lowest BCUT2D eigenvalue weighted by Crippen LogP contribution is -2.54. The molecule has 124 valence electrons. The molecule has 2 rings (SSSR count). The molecule has 0 bridgehead atoms. The van der Waals surface area contributed by atoms with Gasteiger partial charge in [0.05, 0.1) is 6.04 Å². The van der Waals surface area contributed by atoms with E-state index in [9.17, 15) is 14.0 Å². The normalized spacial score (nSPS) is 17.4. The van der Waals surface area contributed by atoms with Crippen LogP contribution in [0.5, 0.6) is 0 Å². The fraction of sp³-hybridized carbons (Fsp3) is 0.412. The van der Waals surface area contributed by atoms with E-state index in [0.717, 1.165) is 5.56 Å². The molecule has 23 heavy (non-hydrogen) atoms. The Labute approximate surface area is 135 Å². The highest BCUT2D eigenvalue weighted by atomic mass is 19.1. The van der Waals surface area contributed by atoms with Crippen LogP contribution in [0.3, 0.4) is 0 Å². The minimum Gasteiger partial charge on any atom is -0.368 e. The maximum absolute atomic E-state index is 13.1. The van der Waals surface area contributed by atoms with Gasteiger partial charge in [0.2, 0.25) is 11.8 Å². The Kier molecular flexibility index (Phi) is 5.87. The van der Waals surface area contributed by atoms with Gasteiger partial charge >= 0.3 is 0 Å². The maximum Gasteiger partial charge on any atom is 0.234 e. The zero-order chi connectivity index (χ0) is 16.8. The van der Waals surface area contributed by atoms with Crippen LogP contribution in [0.2, 0.25) is 0 Å². The highest BCUT2D eigenvalue weighted by Gasteiger charge is 2.25. The Morgan fingerprint density at radius 1 is 1.30 bits per heavy atom. The molecular weight excluding hydrogens is 297 g/mol. The average molecular weight is 319 g/mol. The van der Waals surface area contributed by atoms with Crippen molar-refractivity contribution in [1.29, 1.82) is 0 Å². The van der Waals surface area contributed by atoms with Gasteiger partial charge in [-0.1, -0.05) is 24.3 Å². The van der Waals surface area contributed by atoms with Gasteiger partial charge < -0.3 is 10.6 Å². The van der Waals surface area contributed by atoms with Gasteiger partial charge in [-0.3, -0.25) is 14.5 Å². The molecule has 6 heteroatoms. The monoisotopic (exact) mass is 319 g/mol. The second-order valence-corrected chi connectivity index (χ2v) is 5.66. The summed E-state index contributed by atoms with van der Waals surface area (Å²) in [6, 6.07) is 5.92. The van der Waals surface area contributed by atoms with Gasteiger partial charge in [-0.2, -0.15) is 0 Å². The molecule has 5 nitrogen and oxygen atoms in total. The Bertz CT molecular complexity index is 595. The predicted octanol–water partition coefficient (Wildman–Crippen LogP) is 1.25. The Hall–Kier alpha value is -2.21. The first-order valence-corrected chi connectivity index (χ1v) is 7.70. The zero-order valence-electron chi connectivity index (χ0n) is 13.2. The number of carbonyl (C=O) groups is 2. The molecule has 0 spiro atoms. The molecule has 0 aromatic heterocycles. The third-order valence-electron chi connectivity index (χ3n) is 4.08. The standard InChI is InChI=1S/C17H22FN3O2/c1-13(17(19)23)20-8-10-21(11-9-20)16(22)7-3-5-14-4-2-6-15(18)12-14/h2-6,12-13H,7-11H2,1H3,(H2,19,23). The van der Waals surface area contributed by atoms with Crippen molar-refractivity contribution < 1.29 is 14.0 Å². The van der Waals surface area contributed by atoms with Crippen LogP contribution in [-0.4, -0.2) is 53.8 Å². The number of benzene rings is 1. The van der Waals surface area contributed by atoms with Crippen molar-refractivity contribution in [1.82, 2.24) is 9.80 Å². The number of carbonyl (C=O) groups excluding carboxylic acids is 2. The third-order valence-corrected chi connectivity index (χ3v) is 4.08. The van der Waals surface area contributed by atoms with E-state index in [0.29, 0.717) is 26.2 Å². The van der Waals surface area contributed by atoms with Crippen molar-refractivity contribution in [3.05, 3.63) is 41.7 Å². The fourth-order valence-corrected chi connectivity index (χ4v) is 2.57. The lowest BCUT2D eigenvalue weighted by Gasteiger charge is -2.36. The Morgan fingerprint density at radius 2 is 2.00 bits per heavy atom. The van der Waals surface area contributed by atoms with Crippen molar-refractivity contribution in [3.8, 4) is 0 Å². The summed E-state index contributed by atoms with van der Waals surface area (Å²) in [6.07, 6.45) is 3.77. The summed E-state index contributed by atoms with van der Waals surface area (Å²) in [6.45, 7) is 4.24. The van der Waals surface area contributed by atoms with E-state index in [4.69, 9.17) is 5.73 Å². The number of rotatable bonds is 5. The van der Waals surface area contributed by atoms with Crippen molar-refractivity contribution in [3.63, 3.8) is 0 Å². The molecular formula is C17H22FN3O2. The summed E-state index contributed by atoms with van der Waals surface area (Å²) in [5, 5.41) is 0. The third kappa shape index (κ3) is 4.89. The van der Waals surface area contributed by atoms with Gasteiger partial charge in [0.25, 0.3) is 0 Å². The van der Waals surface area contributed by atoms with E-state index in [-0.39, 0.29) is 30.1 Å². The molecule has 1 unspecified atom stereocenters. The predicted molar refractivity (Wildman–Crippen MR) is 86.9 cm³/mol. The van der Waals surface area contributed by atoms with E-state index in [1.807, 2.05) is 4.90 Å². The van der Waals surface area contributed by atoms with E-state index >= 15 is 0 Å². The highest BCUT2D eigenvalue weighted by molar-refractivity contribution is 5.80. The van der Waals surface area contributed by atoms with Crippen molar-refractivity contribution in [2.75, 3.05) is 26.2 Å². The quantitative estimate of drug-likeness (QED) is 0.888. The van der Waals surface area contributed by atoms with Gasteiger partial charge in [-0.05, 0) is 24.6 Å². The first kappa shape index (κ1) is 17.1. The molecule has 1 heterocycles. The molecule has 1 saturated heterocycles. The van der Waals surface area contributed by atoms with Crippen LogP contribution in [0.4, 0.5) is 4.39 Å². The van der Waals surface area contributed by atoms with Crippen LogP contribution >= 0.6 is 0 Å². The summed E-state index contributed by atoms with van der Waals surface area (Å²) in [4.78, 5) is 27.1. The first-order valence-electron chi connectivity index (χ1n) is 7.70. The lowest BCUT2D eigenvalue weighted by atomic mass is 10.2. The number of nitrogens with two attached hydrogens (primary N) is 1. The molecule has 1 fully saturated rings. The summed E-state index contributed by atoms with van der Waals surface area (Å²) in [5.41, 5.74) is 6.03. The van der Waals surface area contributed by atoms with Gasteiger partial charge in [-0.15, -0.1) is 0 Å². The number of amides is 2. The topological polar surface area (TPSA) is 66.6 Å². The molecule has 1 aliphatic rings. The fourth-order valence-electron chi connectivity index (χ4n) is 2.57. The SMILES string of the molecule is CC(C(N)=O)N1CCN(C(=O)CC=Cc2cccc(F)c2)CC1. The summed E-state index contributed by atoms with van der Waals surface area (Å²) in [5.74, 6) is -0.606. The number of piperazine rings is 1.